The Labute approximate surface area is 101 Å². The molecule has 0 fully saturated rings. The first-order valence-corrected chi connectivity index (χ1v) is 5.03. The number of hydrogen-bond donors (Lipinski definition) is 1. The van der Waals surface area contributed by atoms with E-state index in [9.17, 15) is 9.59 Å². The highest BCUT2D eigenvalue weighted by atomic mass is 35.5. The number of carboxylic acid groups (broad SMARTS) is 1. The second-order valence-electron chi connectivity index (χ2n) is 3.28. The summed E-state index contributed by atoms with van der Waals surface area (Å²) < 4.78 is 1.30. The summed E-state index contributed by atoms with van der Waals surface area (Å²) in [5.41, 5.74) is 0.338. The maximum absolute atomic E-state index is 10.8. The Balaban J connectivity index is 2.54. The van der Waals surface area contributed by atoms with Gasteiger partial charge in [-0.15, -0.1) is 0 Å². The molecule has 0 bridgehead atoms. The van der Waals surface area contributed by atoms with Gasteiger partial charge in [-0.3, -0.25) is 4.79 Å². The van der Waals surface area contributed by atoms with Crippen LogP contribution < -0.4 is 0 Å². The molecule has 0 aliphatic rings. The molecule has 0 aliphatic heterocycles. The summed E-state index contributed by atoms with van der Waals surface area (Å²) in [6, 6.07) is 6.72. The van der Waals surface area contributed by atoms with E-state index in [1.54, 1.807) is 24.3 Å². The number of carbonyl (C=O) groups is 2. The Hall–Kier alpha value is -2.14. The molecule has 17 heavy (non-hydrogen) atoms. The number of aromatic nitrogens is 2. The monoisotopic (exact) mass is 250 g/mol. The van der Waals surface area contributed by atoms with Crippen LogP contribution >= 0.6 is 11.6 Å². The lowest BCUT2D eigenvalue weighted by atomic mass is 10.3. The number of rotatable bonds is 3. The maximum atomic E-state index is 10.8. The van der Waals surface area contributed by atoms with Gasteiger partial charge < -0.3 is 5.11 Å². The van der Waals surface area contributed by atoms with Gasteiger partial charge in [0.15, 0.2) is 12.0 Å². The van der Waals surface area contributed by atoms with Gasteiger partial charge in [0.05, 0.1) is 11.3 Å². The van der Waals surface area contributed by atoms with E-state index in [1.165, 1.54) is 10.9 Å². The Bertz CT molecular complexity index is 592. The molecule has 2 rings (SSSR count). The van der Waals surface area contributed by atoms with E-state index in [0.29, 0.717) is 17.0 Å². The summed E-state index contributed by atoms with van der Waals surface area (Å²) in [5.74, 6) is -1.24. The van der Waals surface area contributed by atoms with Crippen LogP contribution in [0.2, 0.25) is 5.02 Å². The predicted molar refractivity (Wildman–Crippen MR) is 60.9 cm³/mol. The fourth-order valence-electron chi connectivity index (χ4n) is 1.39. The van der Waals surface area contributed by atoms with Gasteiger partial charge >= 0.3 is 5.97 Å². The molecule has 5 nitrogen and oxygen atoms in total. The first kappa shape index (κ1) is 11.3. The smallest absolute Gasteiger partial charge is 0.357 e. The van der Waals surface area contributed by atoms with Gasteiger partial charge in [0, 0.05) is 11.2 Å². The molecule has 0 atom stereocenters. The molecule has 0 unspecified atom stereocenters. The third kappa shape index (κ3) is 2.19. The molecule has 1 N–H and O–H groups in total. The number of hydrogen-bond acceptors (Lipinski definition) is 3. The minimum absolute atomic E-state index is 0.0254. The van der Waals surface area contributed by atoms with Crippen LogP contribution in [-0.4, -0.2) is 27.1 Å². The summed E-state index contributed by atoms with van der Waals surface area (Å²) in [7, 11) is 0. The first-order valence-electron chi connectivity index (χ1n) is 4.66. The van der Waals surface area contributed by atoms with Crippen LogP contribution in [0, 0.1) is 0 Å². The van der Waals surface area contributed by atoms with E-state index < -0.39 is 5.97 Å². The van der Waals surface area contributed by atoms with Crippen LogP contribution in [0.25, 0.3) is 5.69 Å². The lowest BCUT2D eigenvalue weighted by Gasteiger charge is -2.00. The zero-order valence-electron chi connectivity index (χ0n) is 8.50. The highest BCUT2D eigenvalue weighted by Gasteiger charge is 2.15. The molecule has 1 heterocycles. The molecule has 0 saturated heterocycles. The van der Waals surface area contributed by atoms with Crippen LogP contribution in [0.4, 0.5) is 0 Å². The van der Waals surface area contributed by atoms with Crippen molar-refractivity contribution < 1.29 is 14.7 Å². The van der Waals surface area contributed by atoms with Crippen molar-refractivity contribution in [1.29, 1.82) is 0 Å². The zero-order valence-corrected chi connectivity index (χ0v) is 9.26. The van der Waals surface area contributed by atoms with Gasteiger partial charge in [0.2, 0.25) is 0 Å². The lowest BCUT2D eigenvalue weighted by Crippen LogP contribution is -2.02. The van der Waals surface area contributed by atoms with E-state index in [2.05, 4.69) is 5.10 Å². The highest BCUT2D eigenvalue weighted by Crippen LogP contribution is 2.15. The lowest BCUT2D eigenvalue weighted by molar-refractivity contribution is 0.0687. The van der Waals surface area contributed by atoms with E-state index in [-0.39, 0.29) is 11.3 Å². The third-order valence-corrected chi connectivity index (χ3v) is 2.38. The third-order valence-electron chi connectivity index (χ3n) is 2.14. The van der Waals surface area contributed by atoms with Crippen LogP contribution in [0.3, 0.4) is 0 Å². The largest absolute Gasteiger partial charge is 0.476 e. The molecule has 0 amide bonds. The minimum Gasteiger partial charge on any atom is -0.476 e. The van der Waals surface area contributed by atoms with Gasteiger partial charge in [-0.05, 0) is 18.2 Å². The van der Waals surface area contributed by atoms with Crippen LogP contribution in [-0.2, 0) is 0 Å². The molecule has 2 aromatic rings. The number of nitrogens with zero attached hydrogens (tertiary/aromatic N) is 2. The molecule has 0 radical (unpaired) electrons. The molecule has 86 valence electrons. The van der Waals surface area contributed by atoms with Crippen molar-refractivity contribution >= 4 is 23.9 Å². The van der Waals surface area contributed by atoms with E-state index in [4.69, 9.17) is 16.7 Å². The summed E-state index contributed by atoms with van der Waals surface area (Å²) >= 11 is 5.81. The average molecular weight is 251 g/mol. The molecule has 1 aromatic heterocycles. The van der Waals surface area contributed by atoms with Crippen LogP contribution in [0.1, 0.15) is 20.8 Å². The van der Waals surface area contributed by atoms with E-state index >= 15 is 0 Å². The zero-order chi connectivity index (χ0) is 12.4. The Morgan fingerprint density at radius 3 is 2.76 bits per heavy atom. The van der Waals surface area contributed by atoms with Gasteiger partial charge in [-0.2, -0.15) is 5.10 Å². The quantitative estimate of drug-likeness (QED) is 0.846. The van der Waals surface area contributed by atoms with Crippen molar-refractivity contribution in [3.8, 4) is 5.69 Å². The predicted octanol–water partition coefficient (Wildman–Crippen LogP) is 2.04. The van der Waals surface area contributed by atoms with E-state index in [1.807, 2.05) is 0 Å². The standard InChI is InChI=1S/C11H7ClN2O3/c12-8-2-1-3-9(4-8)14-5-7(6-15)10(13-14)11(16)17/h1-6H,(H,16,17). The summed E-state index contributed by atoms with van der Waals surface area (Å²) in [5, 5.41) is 13.2. The summed E-state index contributed by atoms with van der Waals surface area (Å²) in [6.07, 6.45) is 1.81. The topological polar surface area (TPSA) is 72.2 Å². The van der Waals surface area contributed by atoms with E-state index in [0.717, 1.165) is 0 Å². The molecule has 0 aliphatic carbocycles. The number of carbonyl (C=O) groups excluding carboxylic acids is 1. The van der Waals surface area contributed by atoms with Gasteiger partial charge in [-0.25, -0.2) is 9.48 Å². The van der Waals surface area contributed by atoms with Crippen molar-refractivity contribution in [1.82, 2.24) is 9.78 Å². The molecular formula is C11H7ClN2O3. The van der Waals surface area contributed by atoms with Crippen molar-refractivity contribution in [2.24, 2.45) is 0 Å². The average Bonchev–Trinajstić information content (AvgIpc) is 2.73. The molecule has 0 saturated carbocycles. The maximum Gasteiger partial charge on any atom is 0.357 e. The first-order chi connectivity index (χ1) is 8.11. The summed E-state index contributed by atoms with van der Waals surface area (Å²) in [6.45, 7) is 0. The number of halogens is 1. The fraction of sp³-hybridized carbons (Fsp3) is 0. The Kier molecular flexibility index (Phi) is 2.93. The Morgan fingerprint density at radius 2 is 2.24 bits per heavy atom. The second-order valence-corrected chi connectivity index (χ2v) is 3.72. The number of carboxylic acids is 1. The molecule has 6 heteroatoms. The van der Waals surface area contributed by atoms with Crippen molar-refractivity contribution in [2.45, 2.75) is 0 Å². The van der Waals surface area contributed by atoms with Gasteiger partial charge in [-0.1, -0.05) is 17.7 Å². The molecular weight excluding hydrogens is 244 g/mol. The van der Waals surface area contributed by atoms with Crippen molar-refractivity contribution in [2.75, 3.05) is 0 Å². The van der Waals surface area contributed by atoms with Gasteiger partial charge in [0.1, 0.15) is 0 Å². The van der Waals surface area contributed by atoms with Crippen LogP contribution in [0.15, 0.2) is 30.5 Å². The minimum atomic E-state index is -1.24. The molecule has 0 spiro atoms. The van der Waals surface area contributed by atoms with Crippen molar-refractivity contribution in [3.05, 3.63) is 46.7 Å². The number of aromatic carboxylic acids is 1. The Morgan fingerprint density at radius 1 is 1.47 bits per heavy atom. The van der Waals surface area contributed by atoms with Crippen LogP contribution in [0.5, 0.6) is 0 Å². The van der Waals surface area contributed by atoms with Gasteiger partial charge in [0.25, 0.3) is 0 Å². The molecule has 1 aromatic carbocycles. The fourth-order valence-corrected chi connectivity index (χ4v) is 1.58. The highest BCUT2D eigenvalue weighted by molar-refractivity contribution is 6.30. The second kappa shape index (κ2) is 4.39. The normalized spacial score (nSPS) is 10.2. The SMILES string of the molecule is O=Cc1cn(-c2cccc(Cl)c2)nc1C(=O)O. The number of benzene rings is 1. The summed E-state index contributed by atoms with van der Waals surface area (Å²) in [4.78, 5) is 21.5. The van der Waals surface area contributed by atoms with Crippen molar-refractivity contribution in [3.63, 3.8) is 0 Å². The number of aldehydes is 1.